The Labute approximate surface area is 272 Å². The zero-order valence-electron chi connectivity index (χ0n) is 27.3. The van der Waals surface area contributed by atoms with E-state index in [9.17, 15) is 24.3 Å². The van der Waals surface area contributed by atoms with Crippen molar-refractivity contribution in [1.82, 2.24) is 25.8 Å². The van der Waals surface area contributed by atoms with Crippen molar-refractivity contribution >= 4 is 23.6 Å². The molecule has 0 bridgehead atoms. The predicted molar refractivity (Wildman–Crippen MR) is 176 cm³/mol. The van der Waals surface area contributed by atoms with Crippen molar-refractivity contribution < 1.29 is 24.3 Å². The average Bonchev–Trinajstić information content (AvgIpc) is 3.07. The highest BCUT2D eigenvalue weighted by Crippen LogP contribution is 2.37. The quantitative estimate of drug-likeness (QED) is 0.300. The van der Waals surface area contributed by atoms with Gasteiger partial charge in [-0.15, -0.1) is 0 Å². The number of benzene rings is 2. The number of aliphatic hydroxyl groups is 1. The summed E-state index contributed by atoms with van der Waals surface area (Å²) in [6, 6.07) is 14.0. The fourth-order valence-electron chi connectivity index (χ4n) is 7.25. The van der Waals surface area contributed by atoms with E-state index in [0.29, 0.717) is 69.4 Å². The fourth-order valence-corrected chi connectivity index (χ4v) is 7.25. The van der Waals surface area contributed by atoms with Gasteiger partial charge in [0.2, 0.25) is 11.8 Å². The summed E-state index contributed by atoms with van der Waals surface area (Å²) in [4.78, 5) is 56.1. The van der Waals surface area contributed by atoms with Crippen LogP contribution in [0.25, 0.3) is 0 Å². The molecule has 2 aromatic rings. The molecule has 248 valence electrons. The second-order valence-electron chi connectivity index (χ2n) is 13.3. The van der Waals surface area contributed by atoms with Gasteiger partial charge in [0.25, 0.3) is 11.8 Å². The molecule has 10 heteroatoms. The SMILES string of the molecule is CCCCN1C(=O)[C@@H](CC2(O)CCCCC2)NC(=O)C12CCN(Cc1ccc(CNC(=O)c3ccc(C(=O)NC)cc3)cc1)CC2. The minimum Gasteiger partial charge on any atom is -0.390 e. The van der Waals surface area contributed by atoms with E-state index in [4.69, 9.17) is 0 Å². The lowest BCUT2D eigenvalue weighted by atomic mass is 9.77. The number of piperidine rings is 1. The van der Waals surface area contributed by atoms with E-state index in [1.807, 2.05) is 17.0 Å². The summed E-state index contributed by atoms with van der Waals surface area (Å²) in [6.07, 6.45) is 7.65. The van der Waals surface area contributed by atoms with Crippen molar-refractivity contribution in [1.29, 1.82) is 0 Å². The third kappa shape index (κ3) is 7.61. The van der Waals surface area contributed by atoms with Crippen molar-refractivity contribution in [2.75, 3.05) is 26.7 Å². The van der Waals surface area contributed by atoms with Gasteiger partial charge in [0.15, 0.2) is 0 Å². The Morgan fingerprint density at radius 3 is 2.11 bits per heavy atom. The molecule has 0 unspecified atom stereocenters. The lowest BCUT2D eigenvalue weighted by molar-refractivity contribution is -0.163. The first-order valence-electron chi connectivity index (χ1n) is 16.9. The van der Waals surface area contributed by atoms with Crippen LogP contribution in [0.15, 0.2) is 48.5 Å². The maximum Gasteiger partial charge on any atom is 0.251 e. The number of amides is 4. The molecule has 4 N–H and O–H groups in total. The van der Waals surface area contributed by atoms with Crippen LogP contribution >= 0.6 is 0 Å². The number of unbranched alkanes of at least 4 members (excludes halogenated alkanes) is 1. The summed E-state index contributed by atoms with van der Waals surface area (Å²) in [5.41, 5.74) is 1.40. The van der Waals surface area contributed by atoms with E-state index in [1.165, 1.54) is 0 Å². The molecule has 3 aliphatic rings. The van der Waals surface area contributed by atoms with Gasteiger partial charge in [-0.25, -0.2) is 0 Å². The van der Waals surface area contributed by atoms with Gasteiger partial charge in [0.1, 0.15) is 11.6 Å². The number of likely N-dealkylation sites (tertiary alicyclic amines) is 1. The maximum absolute atomic E-state index is 13.8. The standard InChI is InChI=1S/C36H49N5O5/c1-3-4-20-41-33(44)30(23-35(46)16-6-5-7-17-35)39-34(45)36(41)18-21-40(22-19-36)25-27-10-8-26(9-11-27)24-38-32(43)29-14-12-28(13-15-29)31(42)37-2/h8-15,30,46H,3-7,16-25H2,1-2H3,(H,37,42)(H,38,43)(H,39,45)/t30-/m1/s1. The number of piperazine rings is 1. The van der Waals surface area contributed by atoms with Gasteiger partial charge in [-0.1, -0.05) is 56.9 Å². The number of hydrogen-bond acceptors (Lipinski definition) is 6. The van der Waals surface area contributed by atoms with E-state index < -0.39 is 17.2 Å². The van der Waals surface area contributed by atoms with Gasteiger partial charge < -0.3 is 26.0 Å². The number of rotatable bonds is 11. The fraction of sp³-hybridized carbons (Fsp3) is 0.556. The average molecular weight is 632 g/mol. The number of carbonyl (C=O) groups excluding carboxylic acids is 4. The van der Waals surface area contributed by atoms with Gasteiger partial charge in [0.05, 0.1) is 5.60 Å². The van der Waals surface area contributed by atoms with Crippen LogP contribution in [0.2, 0.25) is 0 Å². The molecule has 10 nitrogen and oxygen atoms in total. The van der Waals surface area contributed by atoms with E-state index >= 15 is 0 Å². The monoisotopic (exact) mass is 631 g/mol. The van der Waals surface area contributed by atoms with Crippen LogP contribution in [0.5, 0.6) is 0 Å². The minimum absolute atomic E-state index is 0.0379. The lowest BCUT2D eigenvalue weighted by Gasteiger charge is -2.52. The second-order valence-corrected chi connectivity index (χ2v) is 13.3. The van der Waals surface area contributed by atoms with Crippen molar-refractivity contribution in [2.24, 2.45) is 0 Å². The molecule has 1 atom stereocenters. The van der Waals surface area contributed by atoms with Crippen molar-refractivity contribution in [3.63, 3.8) is 0 Å². The summed E-state index contributed by atoms with van der Waals surface area (Å²) in [5, 5.41) is 19.7. The predicted octanol–water partition coefficient (Wildman–Crippen LogP) is 3.52. The van der Waals surface area contributed by atoms with Crippen LogP contribution in [-0.2, 0) is 22.7 Å². The van der Waals surface area contributed by atoms with Gasteiger partial charge in [-0.05, 0) is 67.5 Å². The molecule has 2 aromatic carbocycles. The van der Waals surface area contributed by atoms with Crippen LogP contribution in [0.3, 0.4) is 0 Å². The van der Waals surface area contributed by atoms with Crippen LogP contribution < -0.4 is 16.0 Å². The Morgan fingerprint density at radius 1 is 0.891 bits per heavy atom. The Bertz CT molecular complexity index is 1380. The first-order chi connectivity index (χ1) is 22.2. The van der Waals surface area contributed by atoms with Gasteiger partial charge in [-0.2, -0.15) is 0 Å². The van der Waals surface area contributed by atoms with E-state index in [0.717, 1.165) is 49.8 Å². The molecular weight excluding hydrogens is 582 g/mol. The summed E-state index contributed by atoms with van der Waals surface area (Å²) in [7, 11) is 1.57. The Balaban J connectivity index is 1.14. The molecule has 2 heterocycles. The third-order valence-electron chi connectivity index (χ3n) is 10.1. The highest BCUT2D eigenvalue weighted by Gasteiger charge is 2.54. The van der Waals surface area contributed by atoms with Gasteiger partial charge in [-0.3, -0.25) is 24.1 Å². The molecule has 1 saturated carbocycles. The molecule has 2 saturated heterocycles. The minimum atomic E-state index is -0.877. The smallest absolute Gasteiger partial charge is 0.251 e. The highest BCUT2D eigenvalue weighted by atomic mass is 16.3. The first-order valence-corrected chi connectivity index (χ1v) is 16.9. The Hall–Kier alpha value is -3.76. The number of nitrogens with zero attached hydrogens (tertiary/aromatic N) is 2. The molecule has 4 amide bonds. The first kappa shape index (κ1) is 33.6. The normalized spacial score (nSPS) is 21.1. The van der Waals surface area contributed by atoms with Crippen LogP contribution in [-0.4, -0.2) is 82.4 Å². The van der Waals surface area contributed by atoms with E-state index in [-0.39, 0.29) is 23.6 Å². The molecule has 5 rings (SSSR count). The van der Waals surface area contributed by atoms with Crippen LogP contribution in [0.4, 0.5) is 0 Å². The molecular formula is C36H49N5O5. The molecule has 0 radical (unpaired) electrons. The van der Waals surface area contributed by atoms with Crippen LogP contribution in [0.1, 0.15) is 103 Å². The maximum atomic E-state index is 13.8. The summed E-state index contributed by atoms with van der Waals surface area (Å²) < 4.78 is 0. The molecule has 1 spiro atoms. The third-order valence-corrected chi connectivity index (χ3v) is 10.1. The number of nitrogens with one attached hydrogen (secondary N) is 3. The zero-order valence-corrected chi connectivity index (χ0v) is 27.3. The van der Waals surface area contributed by atoms with E-state index in [2.05, 4.69) is 39.9 Å². The summed E-state index contributed by atoms with van der Waals surface area (Å²) in [6.45, 7) is 5.19. The molecule has 2 aliphatic heterocycles. The molecule has 1 aliphatic carbocycles. The van der Waals surface area contributed by atoms with Gasteiger partial charge >= 0.3 is 0 Å². The molecule has 0 aromatic heterocycles. The Morgan fingerprint density at radius 2 is 1.50 bits per heavy atom. The van der Waals surface area contributed by atoms with Crippen molar-refractivity contribution in [3.05, 3.63) is 70.8 Å². The van der Waals surface area contributed by atoms with Crippen LogP contribution in [0, 0.1) is 0 Å². The zero-order chi connectivity index (χ0) is 32.7. The Kier molecular flexibility index (Phi) is 10.8. The summed E-state index contributed by atoms with van der Waals surface area (Å²) >= 11 is 0. The number of carbonyl (C=O) groups is 4. The number of hydrogen-bond donors (Lipinski definition) is 4. The van der Waals surface area contributed by atoms with E-state index in [1.54, 1.807) is 31.3 Å². The highest BCUT2D eigenvalue weighted by molar-refractivity contribution is 6.00. The molecule has 46 heavy (non-hydrogen) atoms. The van der Waals surface area contributed by atoms with Crippen molar-refractivity contribution in [2.45, 2.75) is 101 Å². The van der Waals surface area contributed by atoms with Gasteiger partial charge in [0, 0.05) is 57.3 Å². The largest absolute Gasteiger partial charge is 0.390 e. The lowest BCUT2D eigenvalue weighted by Crippen LogP contribution is -2.73. The van der Waals surface area contributed by atoms with Crippen molar-refractivity contribution in [3.8, 4) is 0 Å². The second kappa shape index (κ2) is 14.8. The topological polar surface area (TPSA) is 131 Å². The molecule has 3 fully saturated rings. The summed E-state index contributed by atoms with van der Waals surface area (Å²) in [5.74, 6) is -0.506.